The van der Waals surface area contributed by atoms with Gasteiger partial charge in [-0.05, 0) is 43.7 Å². The molecule has 1 fully saturated rings. The Morgan fingerprint density at radius 3 is 2.68 bits per heavy atom. The molecule has 0 spiro atoms. The summed E-state index contributed by atoms with van der Waals surface area (Å²) in [6.07, 6.45) is 1.24. The number of hydrogen-bond acceptors (Lipinski definition) is 4. The number of furan rings is 1. The van der Waals surface area contributed by atoms with Gasteiger partial charge in [0.25, 0.3) is 0 Å². The normalized spacial score (nSPS) is 18.3. The van der Waals surface area contributed by atoms with Gasteiger partial charge in [0.2, 0.25) is 0 Å². The van der Waals surface area contributed by atoms with Crippen LogP contribution in [0.5, 0.6) is 0 Å². The molecule has 1 aliphatic rings. The molecular formula is C18H24N2O2. The number of rotatable bonds is 6. The van der Waals surface area contributed by atoms with E-state index in [0.29, 0.717) is 11.7 Å². The molecule has 0 radical (unpaired) electrons. The first-order valence-electron chi connectivity index (χ1n) is 7.91. The van der Waals surface area contributed by atoms with E-state index >= 15 is 0 Å². The molecule has 1 saturated heterocycles. The van der Waals surface area contributed by atoms with Crippen molar-refractivity contribution in [2.75, 3.05) is 31.6 Å². The summed E-state index contributed by atoms with van der Waals surface area (Å²) in [5.74, 6) is 2.25. The molecule has 0 bridgehead atoms. The molecule has 0 aliphatic carbocycles. The molecule has 2 heterocycles. The van der Waals surface area contributed by atoms with Gasteiger partial charge in [-0.1, -0.05) is 18.2 Å². The molecule has 22 heavy (non-hydrogen) atoms. The summed E-state index contributed by atoms with van der Waals surface area (Å²) in [7, 11) is 2.13. The molecular weight excluding hydrogens is 276 g/mol. The van der Waals surface area contributed by atoms with Crippen LogP contribution in [0.2, 0.25) is 0 Å². The second-order valence-corrected chi connectivity index (χ2v) is 6.16. The van der Waals surface area contributed by atoms with Gasteiger partial charge in [0.1, 0.15) is 18.1 Å². The van der Waals surface area contributed by atoms with Crippen molar-refractivity contribution in [1.82, 2.24) is 4.90 Å². The predicted molar refractivity (Wildman–Crippen MR) is 87.7 cm³/mol. The Labute approximate surface area is 132 Å². The fourth-order valence-corrected chi connectivity index (χ4v) is 3.22. The SMILES string of the molecule is CN(Cc1ccc(CO)o1)C[C@H]1CCN(c2ccccc2)C1. The second-order valence-electron chi connectivity index (χ2n) is 6.16. The average Bonchev–Trinajstić information content (AvgIpc) is 3.17. The van der Waals surface area contributed by atoms with Crippen molar-refractivity contribution in [3.63, 3.8) is 0 Å². The molecule has 0 unspecified atom stereocenters. The molecule has 3 rings (SSSR count). The van der Waals surface area contributed by atoms with Gasteiger partial charge in [-0.2, -0.15) is 0 Å². The fraction of sp³-hybridized carbons (Fsp3) is 0.444. The molecule has 0 saturated carbocycles. The van der Waals surface area contributed by atoms with Crippen molar-refractivity contribution < 1.29 is 9.52 Å². The molecule has 1 N–H and O–H groups in total. The molecule has 0 amide bonds. The Balaban J connectivity index is 1.49. The lowest BCUT2D eigenvalue weighted by molar-refractivity contribution is 0.225. The van der Waals surface area contributed by atoms with E-state index in [1.54, 1.807) is 0 Å². The minimum Gasteiger partial charge on any atom is -0.462 e. The molecule has 4 heteroatoms. The van der Waals surface area contributed by atoms with Crippen molar-refractivity contribution in [2.45, 2.75) is 19.6 Å². The molecule has 4 nitrogen and oxygen atoms in total. The number of aliphatic hydroxyl groups is 1. The van der Waals surface area contributed by atoms with Crippen LogP contribution in [0.15, 0.2) is 46.9 Å². The third-order valence-electron chi connectivity index (χ3n) is 4.28. The van der Waals surface area contributed by atoms with E-state index in [1.807, 2.05) is 12.1 Å². The highest BCUT2D eigenvalue weighted by Crippen LogP contribution is 2.24. The van der Waals surface area contributed by atoms with E-state index < -0.39 is 0 Å². The van der Waals surface area contributed by atoms with Crippen molar-refractivity contribution in [2.24, 2.45) is 5.92 Å². The van der Waals surface area contributed by atoms with Crippen molar-refractivity contribution >= 4 is 5.69 Å². The number of benzene rings is 1. The summed E-state index contributed by atoms with van der Waals surface area (Å²) >= 11 is 0. The van der Waals surface area contributed by atoms with Crippen LogP contribution in [0.1, 0.15) is 17.9 Å². The summed E-state index contributed by atoms with van der Waals surface area (Å²) in [4.78, 5) is 4.77. The zero-order valence-corrected chi connectivity index (χ0v) is 13.1. The number of nitrogens with zero attached hydrogens (tertiary/aromatic N) is 2. The van der Waals surface area contributed by atoms with Crippen molar-refractivity contribution in [3.8, 4) is 0 Å². The Kier molecular flexibility index (Phi) is 4.80. The Bertz CT molecular complexity index is 582. The first kappa shape index (κ1) is 15.1. The number of hydrogen-bond donors (Lipinski definition) is 1. The van der Waals surface area contributed by atoms with Crippen LogP contribution in [0, 0.1) is 5.92 Å². The minimum atomic E-state index is -0.0294. The van der Waals surface area contributed by atoms with Gasteiger partial charge in [-0.25, -0.2) is 0 Å². The highest BCUT2D eigenvalue weighted by Gasteiger charge is 2.23. The number of anilines is 1. The standard InChI is InChI=1S/C18H24N2O2/c1-19(13-17-7-8-18(14-21)22-17)11-15-9-10-20(12-15)16-5-3-2-4-6-16/h2-8,15,21H,9-14H2,1H3/t15-/m1/s1. The van der Waals surface area contributed by atoms with Gasteiger partial charge >= 0.3 is 0 Å². The first-order valence-corrected chi connectivity index (χ1v) is 7.91. The van der Waals surface area contributed by atoms with Gasteiger partial charge in [0, 0.05) is 25.3 Å². The van der Waals surface area contributed by atoms with E-state index in [0.717, 1.165) is 31.9 Å². The lowest BCUT2D eigenvalue weighted by Gasteiger charge is -2.21. The third-order valence-corrected chi connectivity index (χ3v) is 4.28. The van der Waals surface area contributed by atoms with Gasteiger partial charge in [-0.3, -0.25) is 4.90 Å². The van der Waals surface area contributed by atoms with E-state index in [4.69, 9.17) is 9.52 Å². The van der Waals surface area contributed by atoms with Crippen LogP contribution >= 0.6 is 0 Å². The minimum absolute atomic E-state index is 0.0294. The van der Waals surface area contributed by atoms with Gasteiger partial charge in [0.05, 0.1) is 6.54 Å². The quantitative estimate of drug-likeness (QED) is 0.890. The van der Waals surface area contributed by atoms with Crippen LogP contribution in [0.3, 0.4) is 0 Å². The van der Waals surface area contributed by atoms with E-state index in [-0.39, 0.29) is 6.61 Å². The Morgan fingerprint density at radius 1 is 1.18 bits per heavy atom. The van der Waals surface area contributed by atoms with Crippen molar-refractivity contribution in [3.05, 3.63) is 54.0 Å². The van der Waals surface area contributed by atoms with Crippen LogP contribution in [0.4, 0.5) is 5.69 Å². The van der Waals surface area contributed by atoms with Gasteiger partial charge in [0.15, 0.2) is 0 Å². The monoisotopic (exact) mass is 300 g/mol. The van der Waals surface area contributed by atoms with Gasteiger partial charge in [-0.15, -0.1) is 0 Å². The van der Waals surface area contributed by atoms with E-state index in [2.05, 4.69) is 47.2 Å². The summed E-state index contributed by atoms with van der Waals surface area (Å²) in [6.45, 7) is 4.09. The summed E-state index contributed by atoms with van der Waals surface area (Å²) < 4.78 is 5.56. The summed E-state index contributed by atoms with van der Waals surface area (Å²) in [6, 6.07) is 14.4. The Hall–Kier alpha value is -1.78. The topological polar surface area (TPSA) is 39.9 Å². The third kappa shape index (κ3) is 3.70. The van der Waals surface area contributed by atoms with Crippen LogP contribution < -0.4 is 4.90 Å². The lowest BCUT2D eigenvalue weighted by Crippen LogP contribution is -2.27. The van der Waals surface area contributed by atoms with E-state index in [1.165, 1.54) is 12.1 Å². The maximum Gasteiger partial charge on any atom is 0.129 e. The van der Waals surface area contributed by atoms with Crippen molar-refractivity contribution in [1.29, 1.82) is 0 Å². The van der Waals surface area contributed by atoms with Crippen LogP contribution in [-0.4, -0.2) is 36.7 Å². The summed E-state index contributed by atoms with van der Waals surface area (Å²) in [5, 5.41) is 9.04. The second kappa shape index (κ2) is 6.99. The molecule has 1 aromatic carbocycles. The largest absolute Gasteiger partial charge is 0.462 e. The maximum atomic E-state index is 9.04. The predicted octanol–water partition coefficient (Wildman–Crippen LogP) is 2.73. The molecule has 118 valence electrons. The Morgan fingerprint density at radius 2 is 1.95 bits per heavy atom. The highest BCUT2D eigenvalue weighted by atomic mass is 16.4. The molecule has 1 atom stereocenters. The summed E-state index contributed by atoms with van der Waals surface area (Å²) in [5.41, 5.74) is 1.33. The maximum absolute atomic E-state index is 9.04. The lowest BCUT2D eigenvalue weighted by atomic mass is 10.1. The van der Waals surface area contributed by atoms with Crippen LogP contribution in [0.25, 0.3) is 0 Å². The number of aliphatic hydroxyl groups excluding tert-OH is 1. The van der Waals surface area contributed by atoms with Crippen LogP contribution in [-0.2, 0) is 13.2 Å². The highest BCUT2D eigenvalue weighted by molar-refractivity contribution is 5.46. The van der Waals surface area contributed by atoms with Gasteiger partial charge < -0.3 is 14.4 Å². The molecule has 2 aromatic rings. The zero-order chi connectivity index (χ0) is 15.4. The van der Waals surface area contributed by atoms with E-state index in [9.17, 15) is 0 Å². The average molecular weight is 300 g/mol. The fourth-order valence-electron chi connectivity index (χ4n) is 3.22. The molecule has 1 aliphatic heterocycles. The zero-order valence-electron chi connectivity index (χ0n) is 13.1. The number of para-hydroxylation sites is 1. The molecule has 1 aromatic heterocycles. The smallest absolute Gasteiger partial charge is 0.129 e. The first-order chi connectivity index (χ1) is 10.7.